The van der Waals surface area contributed by atoms with Gasteiger partial charge in [-0.25, -0.2) is 8.42 Å². The second-order valence-electron chi connectivity index (χ2n) is 5.72. The highest BCUT2D eigenvalue weighted by atomic mass is 32.2. The van der Waals surface area contributed by atoms with Gasteiger partial charge in [0.05, 0.1) is 27.5 Å². The number of nitrogens with one attached hydrogen (secondary N) is 2. The summed E-state index contributed by atoms with van der Waals surface area (Å²) in [5.74, 6) is -0.179. The third kappa shape index (κ3) is 4.87. The van der Waals surface area contributed by atoms with Gasteiger partial charge in [-0.1, -0.05) is 12.1 Å². The summed E-state index contributed by atoms with van der Waals surface area (Å²) in [7, 11) is -3.97. The Morgan fingerprint density at radius 1 is 1.00 bits per heavy atom. The Bertz CT molecular complexity index is 1150. The standard InChI is InChI=1S/C19H15N3O6S/c23-18(19-6-3-13-28-19)11-12-20-16-4-1-2-5-17(16)21-29(26,27)15-9-7-14(8-10-15)22(24)25/h1-13,20-21H. The molecule has 0 bridgehead atoms. The van der Waals surface area contributed by atoms with Gasteiger partial charge in [-0.05, 0) is 36.4 Å². The molecule has 0 radical (unpaired) electrons. The predicted molar refractivity (Wildman–Crippen MR) is 106 cm³/mol. The van der Waals surface area contributed by atoms with E-state index >= 15 is 0 Å². The lowest BCUT2D eigenvalue weighted by Gasteiger charge is -2.12. The number of hydrogen-bond donors (Lipinski definition) is 2. The molecule has 10 heteroatoms. The van der Waals surface area contributed by atoms with Gasteiger partial charge in [0.1, 0.15) is 0 Å². The average Bonchev–Trinajstić information content (AvgIpc) is 3.24. The molecule has 0 saturated heterocycles. The number of carbonyl (C=O) groups is 1. The molecule has 1 heterocycles. The number of ketones is 1. The summed E-state index contributed by atoms with van der Waals surface area (Å²) in [5.41, 5.74) is 0.430. The number of rotatable bonds is 8. The maximum atomic E-state index is 12.6. The van der Waals surface area contributed by atoms with E-state index in [-0.39, 0.29) is 27.8 Å². The summed E-state index contributed by atoms with van der Waals surface area (Å²) < 4.78 is 32.6. The van der Waals surface area contributed by atoms with Crippen LogP contribution in [0.5, 0.6) is 0 Å². The topological polar surface area (TPSA) is 132 Å². The average molecular weight is 413 g/mol. The molecular formula is C19H15N3O6S. The van der Waals surface area contributed by atoms with E-state index in [9.17, 15) is 23.3 Å². The van der Waals surface area contributed by atoms with Crippen molar-refractivity contribution in [1.29, 1.82) is 0 Å². The molecule has 0 spiro atoms. The minimum Gasteiger partial charge on any atom is -0.461 e. The highest BCUT2D eigenvalue weighted by Crippen LogP contribution is 2.25. The molecule has 0 fully saturated rings. The molecule has 0 unspecified atom stereocenters. The van der Waals surface area contributed by atoms with Gasteiger partial charge in [-0.15, -0.1) is 0 Å². The van der Waals surface area contributed by atoms with Crippen molar-refractivity contribution in [3.8, 4) is 0 Å². The number of nitro benzene ring substituents is 1. The molecule has 0 aliphatic carbocycles. The number of allylic oxidation sites excluding steroid dienone is 1. The summed E-state index contributed by atoms with van der Waals surface area (Å²) >= 11 is 0. The smallest absolute Gasteiger partial charge is 0.269 e. The second-order valence-corrected chi connectivity index (χ2v) is 7.40. The van der Waals surface area contributed by atoms with Crippen molar-refractivity contribution >= 4 is 32.9 Å². The lowest BCUT2D eigenvalue weighted by atomic mass is 10.2. The first kappa shape index (κ1) is 19.8. The number of carbonyl (C=O) groups excluding carboxylic acids is 1. The van der Waals surface area contributed by atoms with Crippen LogP contribution in [0, 0.1) is 10.1 Å². The zero-order valence-electron chi connectivity index (χ0n) is 14.8. The highest BCUT2D eigenvalue weighted by Gasteiger charge is 2.17. The molecule has 2 aromatic carbocycles. The summed E-state index contributed by atoms with van der Waals surface area (Å²) in [6.07, 6.45) is 4.00. The Morgan fingerprint density at radius 2 is 1.69 bits per heavy atom. The van der Waals surface area contributed by atoms with Crippen LogP contribution in [-0.2, 0) is 10.0 Å². The molecule has 29 heavy (non-hydrogen) atoms. The van der Waals surface area contributed by atoms with E-state index in [1.165, 1.54) is 30.7 Å². The van der Waals surface area contributed by atoms with E-state index in [2.05, 4.69) is 10.0 Å². The number of sulfonamides is 1. The second kappa shape index (κ2) is 8.40. The van der Waals surface area contributed by atoms with E-state index in [1.807, 2.05) is 0 Å². The van der Waals surface area contributed by atoms with Crippen molar-refractivity contribution < 1.29 is 22.6 Å². The van der Waals surface area contributed by atoms with Gasteiger partial charge < -0.3 is 9.73 Å². The predicted octanol–water partition coefficient (Wildman–Crippen LogP) is 3.80. The van der Waals surface area contributed by atoms with Crippen molar-refractivity contribution in [3.05, 3.63) is 95.1 Å². The molecule has 1 aromatic heterocycles. The van der Waals surface area contributed by atoms with Crippen molar-refractivity contribution in [2.24, 2.45) is 0 Å². The molecule has 0 atom stereocenters. The number of nitrogens with zero attached hydrogens (tertiary/aromatic N) is 1. The van der Waals surface area contributed by atoms with Crippen LogP contribution in [-0.4, -0.2) is 19.1 Å². The van der Waals surface area contributed by atoms with Gasteiger partial charge in [0.2, 0.25) is 5.78 Å². The monoisotopic (exact) mass is 413 g/mol. The van der Waals surface area contributed by atoms with Crippen LogP contribution in [0.1, 0.15) is 10.6 Å². The third-order valence-electron chi connectivity index (χ3n) is 3.77. The first-order chi connectivity index (χ1) is 13.9. The van der Waals surface area contributed by atoms with Gasteiger partial charge in [-0.3, -0.25) is 19.6 Å². The molecule has 9 nitrogen and oxygen atoms in total. The van der Waals surface area contributed by atoms with E-state index < -0.39 is 14.9 Å². The fourth-order valence-corrected chi connectivity index (χ4v) is 3.44. The normalized spacial score (nSPS) is 11.3. The van der Waals surface area contributed by atoms with Crippen LogP contribution in [0.25, 0.3) is 0 Å². The van der Waals surface area contributed by atoms with Gasteiger partial charge >= 0.3 is 0 Å². The summed E-state index contributed by atoms with van der Waals surface area (Å²) in [4.78, 5) is 21.9. The summed E-state index contributed by atoms with van der Waals surface area (Å²) in [5, 5.41) is 13.6. The summed E-state index contributed by atoms with van der Waals surface area (Å²) in [6.45, 7) is 0. The Labute approximate surface area is 165 Å². The van der Waals surface area contributed by atoms with E-state index in [1.54, 1.807) is 24.3 Å². The maximum absolute atomic E-state index is 12.6. The van der Waals surface area contributed by atoms with Gasteiger partial charge in [0.25, 0.3) is 15.7 Å². The molecule has 0 saturated carbocycles. The van der Waals surface area contributed by atoms with Crippen LogP contribution in [0.3, 0.4) is 0 Å². The Hall–Kier alpha value is -3.92. The van der Waals surface area contributed by atoms with Crippen LogP contribution < -0.4 is 10.0 Å². The number of furan rings is 1. The molecular weight excluding hydrogens is 398 g/mol. The molecule has 148 valence electrons. The van der Waals surface area contributed by atoms with Crippen LogP contribution in [0.2, 0.25) is 0 Å². The lowest BCUT2D eigenvalue weighted by molar-refractivity contribution is -0.384. The number of benzene rings is 2. The van der Waals surface area contributed by atoms with Crippen LogP contribution in [0.15, 0.2) is 88.5 Å². The zero-order chi connectivity index (χ0) is 20.9. The van der Waals surface area contributed by atoms with Crippen LogP contribution >= 0.6 is 0 Å². The molecule has 3 aromatic rings. The molecule has 0 aliphatic heterocycles. The van der Waals surface area contributed by atoms with Crippen LogP contribution in [0.4, 0.5) is 17.1 Å². The number of para-hydroxylation sites is 2. The number of anilines is 2. The minimum absolute atomic E-state index is 0.124. The van der Waals surface area contributed by atoms with Gasteiger partial charge in [0, 0.05) is 24.4 Å². The Morgan fingerprint density at radius 3 is 2.31 bits per heavy atom. The lowest BCUT2D eigenvalue weighted by Crippen LogP contribution is -2.14. The first-order valence-corrected chi connectivity index (χ1v) is 9.72. The maximum Gasteiger partial charge on any atom is 0.269 e. The van der Waals surface area contributed by atoms with E-state index in [0.717, 1.165) is 24.3 Å². The zero-order valence-corrected chi connectivity index (χ0v) is 15.6. The van der Waals surface area contributed by atoms with Crippen molar-refractivity contribution in [3.63, 3.8) is 0 Å². The summed E-state index contributed by atoms with van der Waals surface area (Å²) in [6, 6.07) is 14.1. The van der Waals surface area contributed by atoms with E-state index in [0.29, 0.717) is 5.69 Å². The van der Waals surface area contributed by atoms with Crippen molar-refractivity contribution in [2.75, 3.05) is 10.0 Å². The quantitative estimate of drug-likeness (QED) is 0.248. The fraction of sp³-hybridized carbons (Fsp3) is 0. The molecule has 0 aliphatic rings. The number of nitro groups is 1. The Kier molecular flexibility index (Phi) is 5.74. The first-order valence-electron chi connectivity index (χ1n) is 8.24. The highest BCUT2D eigenvalue weighted by molar-refractivity contribution is 7.92. The molecule has 0 amide bonds. The SMILES string of the molecule is O=C(C=CNc1ccccc1NS(=O)(=O)c1ccc([N+](=O)[O-])cc1)c1ccco1. The van der Waals surface area contributed by atoms with Gasteiger partial charge in [-0.2, -0.15) is 0 Å². The largest absolute Gasteiger partial charge is 0.461 e. The minimum atomic E-state index is -3.97. The fourth-order valence-electron chi connectivity index (χ4n) is 2.36. The van der Waals surface area contributed by atoms with Crippen molar-refractivity contribution in [2.45, 2.75) is 4.90 Å². The Balaban J connectivity index is 1.76. The number of non-ortho nitro benzene ring substituents is 1. The molecule has 3 rings (SSSR count). The van der Waals surface area contributed by atoms with Gasteiger partial charge in [0.15, 0.2) is 5.76 Å². The number of hydrogen-bond acceptors (Lipinski definition) is 7. The van der Waals surface area contributed by atoms with E-state index in [4.69, 9.17) is 4.42 Å². The third-order valence-corrected chi connectivity index (χ3v) is 5.15. The van der Waals surface area contributed by atoms with Crippen molar-refractivity contribution in [1.82, 2.24) is 0 Å². The molecule has 2 N–H and O–H groups in total.